The maximum Gasteiger partial charge on any atom is 0.162 e. The maximum atomic E-state index is 6.13. The Morgan fingerprint density at radius 3 is 1.71 bits per heavy atom. The van der Waals surface area contributed by atoms with E-state index < -0.39 is 0 Å². The van der Waals surface area contributed by atoms with E-state index in [-0.39, 0.29) is 5.54 Å². The van der Waals surface area contributed by atoms with Crippen LogP contribution >= 0.6 is 0 Å². The van der Waals surface area contributed by atoms with Crippen molar-refractivity contribution in [3.05, 3.63) is 95.6 Å². The molecule has 0 aromatic heterocycles. The first-order valence-electron chi connectivity index (χ1n) is 9.71. The highest BCUT2D eigenvalue weighted by atomic mass is 16.5. The minimum absolute atomic E-state index is 0.0630. The van der Waals surface area contributed by atoms with Gasteiger partial charge in [-0.05, 0) is 49.6 Å². The van der Waals surface area contributed by atoms with Crippen LogP contribution in [0.5, 0.6) is 11.5 Å². The molecular formula is C25H29NO2. The third kappa shape index (κ3) is 6.43. The monoisotopic (exact) mass is 375 g/mol. The third-order valence-corrected chi connectivity index (χ3v) is 4.31. The molecule has 146 valence electrons. The predicted octanol–water partition coefficient (Wildman–Crippen LogP) is 5.73. The normalized spacial score (nSPS) is 11.2. The van der Waals surface area contributed by atoms with Crippen LogP contribution in [0, 0.1) is 0 Å². The summed E-state index contributed by atoms with van der Waals surface area (Å²) in [7, 11) is 0. The van der Waals surface area contributed by atoms with Gasteiger partial charge in [0.15, 0.2) is 11.5 Å². The van der Waals surface area contributed by atoms with Crippen LogP contribution in [0.4, 0.5) is 0 Å². The van der Waals surface area contributed by atoms with Crippen molar-refractivity contribution in [3.63, 3.8) is 0 Å². The summed E-state index contributed by atoms with van der Waals surface area (Å²) in [6.07, 6.45) is 0. The Hall–Kier alpha value is -2.78. The van der Waals surface area contributed by atoms with Crippen molar-refractivity contribution in [1.29, 1.82) is 0 Å². The van der Waals surface area contributed by atoms with Gasteiger partial charge >= 0.3 is 0 Å². The summed E-state index contributed by atoms with van der Waals surface area (Å²) < 4.78 is 12.2. The summed E-state index contributed by atoms with van der Waals surface area (Å²) >= 11 is 0. The number of hydrogen-bond acceptors (Lipinski definition) is 3. The van der Waals surface area contributed by atoms with Crippen molar-refractivity contribution in [2.24, 2.45) is 0 Å². The van der Waals surface area contributed by atoms with Gasteiger partial charge in [0, 0.05) is 12.1 Å². The Kier molecular flexibility index (Phi) is 6.72. The van der Waals surface area contributed by atoms with Crippen molar-refractivity contribution in [2.45, 2.75) is 46.1 Å². The van der Waals surface area contributed by atoms with Crippen molar-refractivity contribution in [1.82, 2.24) is 5.32 Å². The van der Waals surface area contributed by atoms with Gasteiger partial charge in [-0.25, -0.2) is 0 Å². The summed E-state index contributed by atoms with van der Waals surface area (Å²) in [6, 6.07) is 26.5. The van der Waals surface area contributed by atoms with Gasteiger partial charge < -0.3 is 14.8 Å². The van der Waals surface area contributed by atoms with Crippen LogP contribution in [0.15, 0.2) is 78.9 Å². The molecule has 1 N–H and O–H groups in total. The molecular weight excluding hydrogens is 346 g/mol. The number of nitrogens with one attached hydrogen (secondary N) is 1. The molecule has 3 nitrogen and oxygen atoms in total. The fourth-order valence-electron chi connectivity index (χ4n) is 2.73. The van der Waals surface area contributed by atoms with Crippen molar-refractivity contribution >= 4 is 0 Å². The standard InChI is InChI=1S/C25H29NO2/c1-25(2,3)26-17-22-14-15-23(27-18-20-10-6-4-7-11-20)24(16-22)28-19-21-12-8-5-9-13-21/h4-16,26H,17-19H2,1-3H3. The molecule has 0 saturated carbocycles. The van der Waals surface area contributed by atoms with E-state index in [4.69, 9.17) is 9.47 Å². The second-order valence-electron chi connectivity index (χ2n) is 7.93. The van der Waals surface area contributed by atoms with Crippen molar-refractivity contribution in [3.8, 4) is 11.5 Å². The maximum absolute atomic E-state index is 6.13. The molecule has 0 unspecified atom stereocenters. The van der Waals surface area contributed by atoms with Gasteiger partial charge in [-0.3, -0.25) is 0 Å². The van der Waals surface area contributed by atoms with E-state index in [0.29, 0.717) is 13.2 Å². The van der Waals surface area contributed by atoms with Crippen LogP contribution in [0.1, 0.15) is 37.5 Å². The number of rotatable bonds is 8. The average Bonchev–Trinajstić information content (AvgIpc) is 2.71. The van der Waals surface area contributed by atoms with Gasteiger partial charge in [-0.2, -0.15) is 0 Å². The molecule has 3 aromatic rings. The lowest BCUT2D eigenvalue weighted by Gasteiger charge is -2.21. The summed E-state index contributed by atoms with van der Waals surface area (Å²) in [5.74, 6) is 1.53. The van der Waals surface area contributed by atoms with E-state index in [0.717, 1.165) is 29.2 Å². The average molecular weight is 376 g/mol. The smallest absolute Gasteiger partial charge is 0.162 e. The minimum Gasteiger partial charge on any atom is -0.485 e. The molecule has 0 radical (unpaired) electrons. The van der Waals surface area contributed by atoms with E-state index in [9.17, 15) is 0 Å². The Bertz CT molecular complexity index is 855. The van der Waals surface area contributed by atoms with Gasteiger partial charge in [0.05, 0.1) is 0 Å². The molecule has 28 heavy (non-hydrogen) atoms. The number of hydrogen-bond donors (Lipinski definition) is 1. The van der Waals surface area contributed by atoms with Gasteiger partial charge in [-0.1, -0.05) is 66.7 Å². The SMILES string of the molecule is CC(C)(C)NCc1ccc(OCc2ccccc2)c(OCc2ccccc2)c1. The summed E-state index contributed by atoms with van der Waals surface area (Å²) in [5.41, 5.74) is 3.50. The molecule has 0 fully saturated rings. The zero-order chi connectivity index (χ0) is 19.8. The molecule has 0 aliphatic heterocycles. The summed E-state index contributed by atoms with van der Waals surface area (Å²) in [5, 5.41) is 3.52. The molecule has 0 heterocycles. The lowest BCUT2D eigenvalue weighted by Crippen LogP contribution is -2.35. The molecule has 0 bridgehead atoms. The molecule has 3 rings (SSSR count). The molecule has 0 spiro atoms. The number of ether oxygens (including phenoxy) is 2. The predicted molar refractivity (Wildman–Crippen MR) is 115 cm³/mol. The minimum atomic E-state index is 0.0630. The van der Waals surface area contributed by atoms with Crippen molar-refractivity contribution < 1.29 is 9.47 Å². The zero-order valence-corrected chi connectivity index (χ0v) is 16.9. The lowest BCUT2D eigenvalue weighted by atomic mass is 10.1. The largest absolute Gasteiger partial charge is 0.485 e. The Morgan fingerprint density at radius 2 is 1.18 bits per heavy atom. The third-order valence-electron chi connectivity index (χ3n) is 4.31. The molecule has 0 aliphatic carbocycles. The second-order valence-corrected chi connectivity index (χ2v) is 7.93. The first kappa shape index (κ1) is 20.0. The van der Waals surface area contributed by atoms with E-state index >= 15 is 0 Å². The molecule has 3 heteroatoms. The number of benzene rings is 3. The van der Waals surface area contributed by atoms with E-state index in [1.54, 1.807) is 0 Å². The van der Waals surface area contributed by atoms with E-state index in [1.807, 2.05) is 42.5 Å². The van der Waals surface area contributed by atoms with Gasteiger partial charge in [0.2, 0.25) is 0 Å². The van der Waals surface area contributed by atoms with Gasteiger partial charge in [0.25, 0.3) is 0 Å². The van der Waals surface area contributed by atoms with E-state index in [1.165, 1.54) is 5.56 Å². The lowest BCUT2D eigenvalue weighted by molar-refractivity contribution is 0.255. The quantitative estimate of drug-likeness (QED) is 0.545. The highest BCUT2D eigenvalue weighted by Crippen LogP contribution is 2.30. The Labute approximate surface area is 168 Å². The molecule has 0 saturated heterocycles. The van der Waals surface area contributed by atoms with Crippen LogP contribution in [0.3, 0.4) is 0 Å². The summed E-state index contributed by atoms with van der Waals surface area (Å²) in [6.45, 7) is 8.30. The molecule has 0 amide bonds. The summed E-state index contributed by atoms with van der Waals surface area (Å²) in [4.78, 5) is 0. The molecule has 0 aliphatic rings. The van der Waals surface area contributed by atoms with Gasteiger partial charge in [0.1, 0.15) is 13.2 Å². The van der Waals surface area contributed by atoms with Crippen molar-refractivity contribution in [2.75, 3.05) is 0 Å². The van der Waals surface area contributed by atoms with Crippen LogP contribution in [-0.4, -0.2) is 5.54 Å². The Balaban J connectivity index is 1.74. The first-order valence-corrected chi connectivity index (χ1v) is 9.71. The molecule has 3 aromatic carbocycles. The van der Waals surface area contributed by atoms with E-state index in [2.05, 4.69) is 62.5 Å². The fourth-order valence-corrected chi connectivity index (χ4v) is 2.73. The van der Waals surface area contributed by atoms with Crippen LogP contribution in [0.2, 0.25) is 0 Å². The van der Waals surface area contributed by atoms with Crippen LogP contribution in [0.25, 0.3) is 0 Å². The van der Waals surface area contributed by atoms with Gasteiger partial charge in [-0.15, -0.1) is 0 Å². The Morgan fingerprint density at radius 1 is 0.643 bits per heavy atom. The topological polar surface area (TPSA) is 30.5 Å². The van der Waals surface area contributed by atoms with Crippen LogP contribution < -0.4 is 14.8 Å². The fraction of sp³-hybridized carbons (Fsp3) is 0.280. The molecule has 0 atom stereocenters. The highest BCUT2D eigenvalue weighted by molar-refractivity contribution is 5.43. The second kappa shape index (κ2) is 9.43. The van der Waals surface area contributed by atoms with Crippen LogP contribution in [-0.2, 0) is 19.8 Å². The highest BCUT2D eigenvalue weighted by Gasteiger charge is 2.11. The zero-order valence-electron chi connectivity index (χ0n) is 16.9. The first-order chi connectivity index (χ1) is 13.5.